The SMILES string of the molecule is NC(=O)c1cc(-c2ccnnc2C(Cc2cc(F)cc(F)c2)NC(=O)Cn2nc(C(F)(F)F)c3c2CCCC3)ccc1F. The fraction of sp³-hybridized carbons (Fsp3) is 0.276. The third-order valence-electron chi connectivity index (χ3n) is 7.14. The average Bonchev–Trinajstić information content (AvgIpc) is 3.31. The largest absolute Gasteiger partial charge is 0.435 e. The van der Waals surface area contributed by atoms with Gasteiger partial charge in [0.1, 0.15) is 24.0 Å². The van der Waals surface area contributed by atoms with Crippen molar-refractivity contribution in [3.63, 3.8) is 0 Å². The molecule has 1 aliphatic rings. The van der Waals surface area contributed by atoms with Gasteiger partial charge in [-0.15, -0.1) is 0 Å². The van der Waals surface area contributed by atoms with Crippen LogP contribution in [0.15, 0.2) is 48.7 Å². The first kappa shape index (κ1) is 29.7. The highest BCUT2D eigenvalue weighted by Crippen LogP contribution is 2.36. The molecule has 1 aliphatic carbocycles. The van der Waals surface area contributed by atoms with E-state index in [0.29, 0.717) is 31.0 Å². The lowest BCUT2D eigenvalue weighted by Crippen LogP contribution is -2.34. The molecule has 0 fully saturated rings. The molecule has 0 aliphatic heterocycles. The van der Waals surface area contributed by atoms with Crippen molar-refractivity contribution in [3.8, 4) is 11.1 Å². The highest BCUT2D eigenvalue weighted by Gasteiger charge is 2.39. The second kappa shape index (κ2) is 11.9. The lowest BCUT2D eigenvalue weighted by atomic mass is 9.94. The Morgan fingerprint density at radius 3 is 2.42 bits per heavy atom. The molecule has 3 N–H and O–H groups in total. The van der Waals surface area contributed by atoms with Gasteiger partial charge in [0.05, 0.1) is 23.5 Å². The van der Waals surface area contributed by atoms with Crippen LogP contribution in [0.3, 0.4) is 0 Å². The van der Waals surface area contributed by atoms with Gasteiger partial charge in [-0.1, -0.05) is 6.07 Å². The van der Waals surface area contributed by atoms with E-state index in [9.17, 15) is 35.9 Å². The zero-order valence-electron chi connectivity index (χ0n) is 22.4. The molecule has 1 atom stereocenters. The third-order valence-corrected chi connectivity index (χ3v) is 7.14. The number of fused-ring (bicyclic) bond motifs is 1. The van der Waals surface area contributed by atoms with Crippen molar-refractivity contribution in [1.29, 1.82) is 0 Å². The summed E-state index contributed by atoms with van der Waals surface area (Å²) in [7, 11) is 0. The van der Waals surface area contributed by atoms with Crippen LogP contribution < -0.4 is 11.1 Å². The number of hydrogen-bond acceptors (Lipinski definition) is 5. The molecule has 2 aromatic heterocycles. The number of rotatable bonds is 8. The average molecular weight is 603 g/mol. The van der Waals surface area contributed by atoms with Crippen LogP contribution in [-0.4, -0.2) is 31.8 Å². The Bertz CT molecular complexity index is 1680. The van der Waals surface area contributed by atoms with Gasteiger partial charge < -0.3 is 11.1 Å². The van der Waals surface area contributed by atoms with Crippen LogP contribution in [0.25, 0.3) is 11.1 Å². The van der Waals surface area contributed by atoms with Crippen LogP contribution in [0.5, 0.6) is 0 Å². The molecule has 14 heteroatoms. The number of benzene rings is 2. The number of nitrogens with one attached hydrogen (secondary N) is 1. The molecule has 2 amide bonds. The number of halogens is 6. The molecular formula is C29H24F6N6O2. The zero-order valence-corrected chi connectivity index (χ0v) is 22.4. The van der Waals surface area contributed by atoms with E-state index in [1.807, 2.05) is 0 Å². The number of nitrogens with two attached hydrogens (primary N) is 1. The first-order valence-corrected chi connectivity index (χ1v) is 13.2. The van der Waals surface area contributed by atoms with Gasteiger partial charge in [0, 0.05) is 22.9 Å². The van der Waals surface area contributed by atoms with Gasteiger partial charge in [-0.05, 0) is 73.6 Å². The lowest BCUT2D eigenvalue weighted by Gasteiger charge is -2.22. The predicted octanol–water partition coefficient (Wildman–Crippen LogP) is 4.85. The summed E-state index contributed by atoms with van der Waals surface area (Å²) in [6, 6.07) is 6.70. The van der Waals surface area contributed by atoms with Crippen LogP contribution in [0.2, 0.25) is 0 Å². The number of hydrogen-bond donors (Lipinski definition) is 2. The molecule has 2 heterocycles. The maximum Gasteiger partial charge on any atom is 0.435 e. The summed E-state index contributed by atoms with van der Waals surface area (Å²) in [6.45, 7) is -0.565. The van der Waals surface area contributed by atoms with Gasteiger partial charge >= 0.3 is 6.18 Å². The minimum atomic E-state index is -4.69. The Hall–Kier alpha value is -4.75. The van der Waals surface area contributed by atoms with E-state index in [2.05, 4.69) is 20.6 Å². The Balaban J connectivity index is 1.52. The second-order valence-electron chi connectivity index (χ2n) is 10.1. The number of nitrogens with zero attached hydrogens (tertiary/aromatic N) is 4. The number of carbonyl (C=O) groups is 2. The standard InChI is InChI=1S/C29H24F6N6O2/c30-17-9-15(10-18(31)13-17)11-23(26-19(7-8-37-39-26)16-5-6-22(32)21(12-16)28(36)43)38-25(42)14-41-24-4-2-1-3-20(24)27(40-41)29(33,34)35/h5-10,12-13,23H,1-4,11,14H2,(H2,36,43)(H,38,42). The van der Waals surface area contributed by atoms with Crippen molar-refractivity contribution in [1.82, 2.24) is 25.3 Å². The number of alkyl halides is 3. The predicted molar refractivity (Wildman–Crippen MR) is 141 cm³/mol. The van der Waals surface area contributed by atoms with Gasteiger partial charge in [-0.3, -0.25) is 14.3 Å². The lowest BCUT2D eigenvalue weighted by molar-refractivity contribution is -0.142. The Morgan fingerprint density at radius 2 is 1.72 bits per heavy atom. The fourth-order valence-corrected chi connectivity index (χ4v) is 5.31. The molecule has 2 aromatic carbocycles. The van der Waals surface area contributed by atoms with Crippen molar-refractivity contribution in [2.75, 3.05) is 0 Å². The minimum absolute atomic E-state index is 0.0658. The zero-order chi connectivity index (χ0) is 30.9. The molecule has 0 saturated heterocycles. The van der Waals surface area contributed by atoms with Crippen molar-refractivity contribution in [2.45, 2.75) is 50.9 Å². The van der Waals surface area contributed by atoms with Gasteiger partial charge in [0.15, 0.2) is 5.69 Å². The van der Waals surface area contributed by atoms with Crippen molar-refractivity contribution in [2.24, 2.45) is 5.73 Å². The van der Waals surface area contributed by atoms with Gasteiger partial charge in [0.25, 0.3) is 5.91 Å². The van der Waals surface area contributed by atoms with Crippen molar-refractivity contribution in [3.05, 3.63) is 99.9 Å². The molecule has 0 bridgehead atoms. The van der Waals surface area contributed by atoms with E-state index in [-0.39, 0.29) is 40.8 Å². The highest BCUT2D eigenvalue weighted by molar-refractivity contribution is 5.94. The summed E-state index contributed by atoms with van der Waals surface area (Å²) in [5.74, 6) is -4.37. The Morgan fingerprint density at radius 1 is 1.00 bits per heavy atom. The maximum atomic E-state index is 14.2. The molecule has 224 valence electrons. The Kier molecular flexibility index (Phi) is 8.20. The van der Waals surface area contributed by atoms with Crippen LogP contribution in [0, 0.1) is 17.5 Å². The highest BCUT2D eigenvalue weighted by atomic mass is 19.4. The monoisotopic (exact) mass is 602 g/mol. The van der Waals surface area contributed by atoms with Gasteiger partial charge in [-0.25, -0.2) is 13.2 Å². The molecule has 0 spiro atoms. The summed E-state index contributed by atoms with van der Waals surface area (Å²) in [5, 5.41) is 14.4. The van der Waals surface area contributed by atoms with E-state index in [1.54, 1.807) is 0 Å². The summed E-state index contributed by atoms with van der Waals surface area (Å²) < 4.78 is 84.3. The Labute approximate surface area is 240 Å². The van der Waals surface area contributed by atoms with Gasteiger partial charge in [0.2, 0.25) is 5.91 Å². The number of aromatic nitrogens is 4. The number of carbonyl (C=O) groups excluding carboxylic acids is 2. The summed E-state index contributed by atoms with van der Waals surface area (Å²) in [4.78, 5) is 25.1. The summed E-state index contributed by atoms with van der Waals surface area (Å²) in [6.07, 6.45) is -1.88. The number of amides is 2. The molecule has 43 heavy (non-hydrogen) atoms. The second-order valence-corrected chi connectivity index (χ2v) is 10.1. The quantitative estimate of drug-likeness (QED) is 0.280. The first-order valence-electron chi connectivity index (χ1n) is 13.2. The van der Waals surface area contributed by atoms with Crippen molar-refractivity contribution >= 4 is 11.8 Å². The van der Waals surface area contributed by atoms with Gasteiger partial charge in [-0.2, -0.15) is 28.5 Å². The molecular weight excluding hydrogens is 578 g/mol. The fourth-order valence-electron chi connectivity index (χ4n) is 5.31. The smallest absolute Gasteiger partial charge is 0.366 e. The minimum Gasteiger partial charge on any atom is -0.366 e. The van der Waals surface area contributed by atoms with Crippen LogP contribution in [-0.2, 0) is 36.8 Å². The van der Waals surface area contributed by atoms with E-state index >= 15 is 0 Å². The normalized spacial score (nSPS) is 13.8. The van der Waals surface area contributed by atoms with Crippen LogP contribution in [0.1, 0.15) is 57.5 Å². The van der Waals surface area contributed by atoms with E-state index in [1.165, 1.54) is 24.4 Å². The number of primary amides is 1. The maximum absolute atomic E-state index is 14.2. The molecule has 5 rings (SSSR count). The molecule has 4 aromatic rings. The topological polar surface area (TPSA) is 116 Å². The summed E-state index contributed by atoms with van der Waals surface area (Å²) >= 11 is 0. The molecule has 1 unspecified atom stereocenters. The first-order chi connectivity index (χ1) is 20.4. The van der Waals surface area contributed by atoms with Crippen molar-refractivity contribution < 1.29 is 35.9 Å². The van der Waals surface area contributed by atoms with E-state index in [0.717, 1.165) is 22.9 Å². The van der Waals surface area contributed by atoms with E-state index in [4.69, 9.17) is 5.73 Å². The van der Waals surface area contributed by atoms with E-state index < -0.39 is 59.3 Å². The van der Waals surface area contributed by atoms with Crippen LogP contribution in [0.4, 0.5) is 26.3 Å². The molecule has 8 nitrogen and oxygen atoms in total. The molecule has 0 saturated carbocycles. The summed E-state index contributed by atoms with van der Waals surface area (Å²) in [5.41, 5.74) is 5.03. The third kappa shape index (κ3) is 6.52. The molecule has 0 radical (unpaired) electrons. The van der Waals surface area contributed by atoms with Crippen LogP contribution >= 0.6 is 0 Å².